The van der Waals surface area contributed by atoms with Crippen LogP contribution in [-0.4, -0.2) is 137 Å². The number of allylic oxidation sites excluding steroid dienone is 1. The largest absolute Gasteiger partial charge is 0.534 e. The molecule has 0 bridgehead atoms. The molecule has 0 amide bonds. The maximum atomic E-state index is 14.2. The third-order valence-electron chi connectivity index (χ3n) is 19.7. The van der Waals surface area contributed by atoms with E-state index in [4.69, 9.17) is 41.4 Å². The molecule has 0 aromatic heterocycles. The molecule has 0 aliphatic carbocycles. The Morgan fingerprint density at radius 3 is 1.88 bits per heavy atom. The van der Waals surface area contributed by atoms with Gasteiger partial charge < -0.3 is 45.6 Å². The highest BCUT2D eigenvalue weighted by atomic mass is 127. The Kier molecular flexibility index (Phi) is 24.9. The minimum Gasteiger partial charge on any atom is -0.455 e. The summed E-state index contributed by atoms with van der Waals surface area (Å²) >= 11 is 2.30. The minimum atomic E-state index is -5.85. The van der Waals surface area contributed by atoms with Crippen molar-refractivity contribution in [2.24, 2.45) is 5.92 Å². The zero-order chi connectivity index (χ0) is 62.6. The molecule has 5 rings (SSSR count). The number of hydrogen-bond acceptors (Lipinski definition) is 13. The van der Waals surface area contributed by atoms with Gasteiger partial charge in [0.1, 0.15) is 41.9 Å². The summed E-state index contributed by atoms with van der Waals surface area (Å²) in [7, 11) is -15.4. The quantitative estimate of drug-likeness (QED) is 0.0121. The number of carbonyl (C=O) groups excluding carboxylic acids is 1. The van der Waals surface area contributed by atoms with Crippen LogP contribution in [0.5, 0.6) is 0 Å². The lowest BCUT2D eigenvalue weighted by Gasteiger charge is -2.56. The topological polar surface area (TPSA) is 144 Å². The fraction of sp³-hybridized carbons (Fsp3) is 0.820. The van der Waals surface area contributed by atoms with Crippen molar-refractivity contribution in [3.05, 3.63) is 60.4 Å². The van der Waals surface area contributed by atoms with E-state index >= 15 is 0 Å². The van der Waals surface area contributed by atoms with Gasteiger partial charge in [0, 0.05) is 23.4 Å². The van der Waals surface area contributed by atoms with E-state index in [1.807, 2.05) is 24.3 Å². The van der Waals surface area contributed by atoms with Gasteiger partial charge in [-0.3, -0.25) is 0 Å². The van der Waals surface area contributed by atoms with Crippen LogP contribution in [0.4, 0.5) is 13.2 Å². The summed E-state index contributed by atoms with van der Waals surface area (Å²) in [4.78, 5) is 14.2. The first-order valence-corrected chi connectivity index (χ1v) is 44.8. The summed E-state index contributed by atoms with van der Waals surface area (Å²) in [5.41, 5.74) is -5.85. The van der Waals surface area contributed by atoms with Crippen LogP contribution in [0.2, 0.25) is 72.5 Å². The molecular formula is C61H106F3IO13SSi4. The van der Waals surface area contributed by atoms with Crippen molar-refractivity contribution in [1.82, 2.24) is 0 Å². The number of hydrogen-bond donors (Lipinski definition) is 0. The molecule has 0 saturated carbocycles. The zero-order valence-corrected chi connectivity index (χ0v) is 60.8. The molecule has 13 nitrogen and oxygen atoms in total. The Morgan fingerprint density at radius 2 is 1.34 bits per heavy atom. The Hall–Kier alpha value is -1.01. The van der Waals surface area contributed by atoms with Crippen LogP contribution in [0.15, 0.2) is 54.8 Å². The summed E-state index contributed by atoms with van der Waals surface area (Å²) in [5.74, 6) is -1.70. The summed E-state index contributed by atoms with van der Waals surface area (Å²) in [6.07, 6.45) is 4.40. The minimum absolute atomic E-state index is 0.0357. The molecule has 0 radical (unpaired) electrons. The molecule has 1 aromatic carbocycles. The van der Waals surface area contributed by atoms with E-state index in [-0.39, 0.29) is 46.0 Å². The van der Waals surface area contributed by atoms with Crippen LogP contribution < -0.4 is 0 Å². The van der Waals surface area contributed by atoms with Gasteiger partial charge in [0.15, 0.2) is 33.3 Å². The van der Waals surface area contributed by atoms with Gasteiger partial charge in [-0.15, -0.1) is 0 Å². The van der Waals surface area contributed by atoms with E-state index in [0.717, 1.165) is 37.4 Å². The van der Waals surface area contributed by atoms with E-state index in [9.17, 15) is 26.4 Å². The SMILES string of the molecule is C=C(OS(=O)(=O)C(F)(F)F)[C@H](C)C[C@H]1CC[C@@H]2O[C@@H](CCC(/C=C/[C@H](O[Si](C)(C)C(C)(C)C)[C@@H]3O[C@H]4CC[C@H](CCO[Si](CC)(CC)CC)O[C@@H]4[C@H](O[Si](C)(C)C(C)(C)C)[C@@H]3O[Si](C)(C)C(C)(C)C)OC(=O)c3ccccc3)C[C@]2(CI)O1. The summed E-state index contributed by atoms with van der Waals surface area (Å²) in [6, 6.07) is 12.2. The lowest BCUT2D eigenvalue weighted by Crippen LogP contribution is -2.69. The molecule has 4 fully saturated rings. The Morgan fingerprint density at radius 1 is 0.771 bits per heavy atom. The van der Waals surface area contributed by atoms with Crippen molar-refractivity contribution < 1.29 is 72.0 Å². The molecule has 4 aliphatic rings. The second kappa shape index (κ2) is 28.4. The molecule has 1 aromatic rings. The molecule has 0 spiro atoms. The Balaban J connectivity index is 1.53. The van der Waals surface area contributed by atoms with Gasteiger partial charge in [-0.2, -0.15) is 21.6 Å². The van der Waals surface area contributed by atoms with Gasteiger partial charge >= 0.3 is 21.6 Å². The summed E-state index contributed by atoms with van der Waals surface area (Å²) in [6.45, 7) is 46.5. The van der Waals surface area contributed by atoms with Crippen molar-refractivity contribution in [2.75, 3.05) is 11.0 Å². The first kappa shape index (κ1) is 72.7. The van der Waals surface area contributed by atoms with E-state index < -0.39 is 115 Å². The van der Waals surface area contributed by atoms with Crippen molar-refractivity contribution in [2.45, 2.75) is 299 Å². The molecule has 4 heterocycles. The third kappa shape index (κ3) is 18.3. The summed E-state index contributed by atoms with van der Waals surface area (Å²) < 4.78 is 133. The van der Waals surface area contributed by atoms with Crippen LogP contribution in [0.1, 0.15) is 158 Å². The number of rotatable bonds is 27. The van der Waals surface area contributed by atoms with Crippen LogP contribution in [0.3, 0.4) is 0 Å². The average Bonchev–Trinajstić information content (AvgIpc) is 3.77. The zero-order valence-electron chi connectivity index (χ0n) is 53.8. The van der Waals surface area contributed by atoms with Gasteiger partial charge in [0.05, 0.1) is 42.2 Å². The second-order valence-corrected chi connectivity index (χ2v) is 50.0. The smallest absolute Gasteiger partial charge is 0.455 e. The Labute approximate surface area is 516 Å². The van der Waals surface area contributed by atoms with Gasteiger partial charge in [0.25, 0.3) is 0 Å². The predicted molar refractivity (Wildman–Crippen MR) is 343 cm³/mol. The second-order valence-electron chi connectivity index (χ2n) is 28.7. The van der Waals surface area contributed by atoms with Crippen LogP contribution >= 0.6 is 22.6 Å². The lowest BCUT2D eigenvalue weighted by molar-refractivity contribution is -0.267. The van der Waals surface area contributed by atoms with E-state index in [2.05, 4.69) is 162 Å². The number of benzene rings is 1. The number of alkyl halides is 4. The lowest BCUT2D eigenvalue weighted by atomic mass is 9.85. The molecular weight excluding hydrogens is 1270 g/mol. The van der Waals surface area contributed by atoms with E-state index in [1.54, 1.807) is 19.1 Å². The highest BCUT2D eigenvalue weighted by molar-refractivity contribution is 14.1. The number of esters is 1. The van der Waals surface area contributed by atoms with Gasteiger partial charge in [-0.1, -0.05) is 143 Å². The van der Waals surface area contributed by atoms with Crippen LogP contribution in [0, 0.1) is 5.92 Å². The number of fused-ring (bicyclic) bond motifs is 2. The fourth-order valence-electron chi connectivity index (χ4n) is 10.9. The molecule has 4 saturated heterocycles. The fourth-order valence-corrected chi connectivity index (χ4v) is 19.0. The molecule has 4 aliphatic heterocycles. The van der Waals surface area contributed by atoms with E-state index in [1.165, 1.54) is 0 Å². The van der Waals surface area contributed by atoms with Gasteiger partial charge in [0.2, 0.25) is 0 Å². The maximum Gasteiger partial charge on any atom is 0.534 e. The molecule has 22 heteroatoms. The highest BCUT2D eigenvalue weighted by Crippen LogP contribution is 2.49. The average molecular weight is 1380 g/mol. The highest BCUT2D eigenvalue weighted by Gasteiger charge is 2.59. The molecule has 83 heavy (non-hydrogen) atoms. The molecule has 13 atom stereocenters. The van der Waals surface area contributed by atoms with Crippen molar-refractivity contribution >= 4 is 71.9 Å². The summed E-state index contributed by atoms with van der Waals surface area (Å²) in [5, 5.41) is -0.501. The van der Waals surface area contributed by atoms with Crippen molar-refractivity contribution in [1.29, 1.82) is 0 Å². The number of halogens is 4. The van der Waals surface area contributed by atoms with Crippen LogP contribution in [0.25, 0.3) is 0 Å². The monoisotopic (exact) mass is 1370 g/mol. The van der Waals surface area contributed by atoms with Crippen molar-refractivity contribution in [3.8, 4) is 0 Å². The van der Waals surface area contributed by atoms with Crippen LogP contribution in [-0.2, 0) is 55.7 Å². The maximum absolute atomic E-state index is 14.2. The van der Waals surface area contributed by atoms with Gasteiger partial charge in [-0.05, 0) is 142 Å². The number of carbonyl (C=O) groups is 1. The number of ether oxygens (including phenoxy) is 5. The standard InChI is InChI=1S/C61H106F3IO13SSi4/c1-21-83(22-2,23-3)69-38-37-46-31-34-49-52(71-46)54(77-81(17,18)58(9,10)11)55(78-82(19,20)59(12,13)14)53(73-49)50(76-80(15,16)57(6,7)8)35-32-45(72-56(66)44-27-25-24-26-28-44)29-30-48-40-60(41-65)51(70-48)36-33-47(74-60)39-42(4)43(5)75-79(67,68)61(62,63)64/h24-28,32,35,42,45-55H,5,21-23,29-31,33-34,36-41H2,1-4,6-20H3/b35-32+/t42-,45?,46-,47-,48+,49+,50+,51+,52+,53+,54+,55-,60-/m1/s1. The molecule has 478 valence electrons. The Bertz CT molecular complexity index is 2400. The first-order chi connectivity index (χ1) is 38.1. The third-order valence-corrected chi connectivity index (χ3v) is 40.1. The molecule has 1 unspecified atom stereocenters. The van der Waals surface area contributed by atoms with Crippen molar-refractivity contribution in [3.63, 3.8) is 0 Å². The molecule has 0 N–H and O–H groups in total. The normalized spacial score (nSPS) is 28.3. The van der Waals surface area contributed by atoms with Gasteiger partial charge in [-0.25, -0.2) is 4.79 Å². The van der Waals surface area contributed by atoms with E-state index in [0.29, 0.717) is 48.7 Å². The first-order valence-electron chi connectivity index (χ1n) is 30.6. The predicted octanol–water partition coefficient (Wildman–Crippen LogP) is 16.4.